The maximum absolute atomic E-state index is 12.8. The van der Waals surface area contributed by atoms with Crippen LogP contribution in [0.5, 0.6) is 5.75 Å². The molecule has 1 aromatic carbocycles. The number of sulfonamides is 1. The summed E-state index contributed by atoms with van der Waals surface area (Å²) in [6, 6.07) is 2.76. The Morgan fingerprint density at radius 1 is 1.29 bits per heavy atom. The molecule has 1 atom stereocenters. The van der Waals surface area contributed by atoms with Crippen LogP contribution in [0.3, 0.4) is 0 Å². The van der Waals surface area contributed by atoms with E-state index in [4.69, 9.17) is 9.88 Å². The Morgan fingerprint density at radius 2 is 1.82 bits per heavy atom. The molecule has 0 amide bonds. The summed E-state index contributed by atoms with van der Waals surface area (Å²) in [5, 5.41) is 4.85. The standard InChI is InChI=1S/C10H13F2NO3S/c1-7(6-17(13,14)15)5-16-10-3-8(11)2-9(12)4-10/h2-4,7H,5-6H2,1H3,(H2,13,14,15). The molecule has 0 saturated heterocycles. The molecule has 0 fully saturated rings. The van der Waals surface area contributed by atoms with Crippen LogP contribution in [0.25, 0.3) is 0 Å². The average molecular weight is 265 g/mol. The van der Waals surface area contributed by atoms with E-state index < -0.39 is 21.7 Å². The van der Waals surface area contributed by atoms with Gasteiger partial charge in [0.05, 0.1) is 12.4 Å². The fraction of sp³-hybridized carbons (Fsp3) is 0.400. The summed E-state index contributed by atoms with van der Waals surface area (Å²) in [5.74, 6) is -2.09. The summed E-state index contributed by atoms with van der Waals surface area (Å²) in [6.07, 6.45) is 0. The first-order chi connectivity index (χ1) is 7.76. The van der Waals surface area contributed by atoms with Crippen molar-refractivity contribution in [3.05, 3.63) is 29.8 Å². The smallest absolute Gasteiger partial charge is 0.209 e. The molecule has 1 unspecified atom stereocenters. The summed E-state index contributed by atoms with van der Waals surface area (Å²) >= 11 is 0. The van der Waals surface area contributed by atoms with E-state index in [2.05, 4.69) is 0 Å². The van der Waals surface area contributed by atoms with Crippen LogP contribution in [0.2, 0.25) is 0 Å². The van der Waals surface area contributed by atoms with Crippen molar-refractivity contribution in [2.75, 3.05) is 12.4 Å². The minimum Gasteiger partial charge on any atom is -0.493 e. The van der Waals surface area contributed by atoms with Crippen LogP contribution >= 0.6 is 0 Å². The number of nitrogens with two attached hydrogens (primary N) is 1. The molecule has 0 aliphatic rings. The molecule has 0 heterocycles. The second-order valence-electron chi connectivity index (χ2n) is 3.85. The SMILES string of the molecule is CC(COc1cc(F)cc(F)c1)CS(N)(=O)=O. The quantitative estimate of drug-likeness (QED) is 0.871. The molecule has 0 spiro atoms. The molecule has 1 aromatic rings. The average Bonchev–Trinajstić information content (AvgIpc) is 2.10. The van der Waals surface area contributed by atoms with Gasteiger partial charge in [0.25, 0.3) is 0 Å². The van der Waals surface area contributed by atoms with Gasteiger partial charge in [0.15, 0.2) is 0 Å². The highest BCUT2D eigenvalue weighted by Gasteiger charge is 2.12. The van der Waals surface area contributed by atoms with Crippen LogP contribution in [0.15, 0.2) is 18.2 Å². The monoisotopic (exact) mass is 265 g/mol. The molecule has 96 valence electrons. The molecule has 0 aromatic heterocycles. The van der Waals surface area contributed by atoms with Crippen LogP contribution in [0.1, 0.15) is 6.92 Å². The van der Waals surface area contributed by atoms with Gasteiger partial charge in [0.1, 0.15) is 17.4 Å². The van der Waals surface area contributed by atoms with Gasteiger partial charge in [-0.25, -0.2) is 22.3 Å². The maximum atomic E-state index is 12.8. The van der Waals surface area contributed by atoms with E-state index in [-0.39, 0.29) is 24.0 Å². The lowest BCUT2D eigenvalue weighted by atomic mass is 10.2. The molecule has 0 aliphatic heterocycles. The molecule has 4 nitrogen and oxygen atoms in total. The molecular weight excluding hydrogens is 252 g/mol. The van der Waals surface area contributed by atoms with Gasteiger partial charge < -0.3 is 4.74 Å². The number of halogens is 2. The molecule has 2 N–H and O–H groups in total. The van der Waals surface area contributed by atoms with E-state index >= 15 is 0 Å². The number of hydrogen-bond donors (Lipinski definition) is 1. The Bertz CT molecular complexity index is 470. The zero-order valence-corrected chi connectivity index (χ0v) is 10.0. The number of benzene rings is 1. The molecular formula is C10H13F2NO3S. The van der Waals surface area contributed by atoms with Gasteiger partial charge in [0.2, 0.25) is 10.0 Å². The summed E-state index contributed by atoms with van der Waals surface area (Å²) in [5.41, 5.74) is 0. The predicted octanol–water partition coefficient (Wildman–Crippen LogP) is 1.27. The van der Waals surface area contributed by atoms with Crippen molar-refractivity contribution < 1.29 is 21.9 Å². The predicted molar refractivity (Wildman–Crippen MR) is 59.0 cm³/mol. The summed E-state index contributed by atoms with van der Waals surface area (Å²) in [6.45, 7) is 1.62. The third-order valence-corrected chi connectivity index (χ3v) is 2.92. The highest BCUT2D eigenvalue weighted by Crippen LogP contribution is 2.16. The van der Waals surface area contributed by atoms with Crippen molar-refractivity contribution in [3.63, 3.8) is 0 Å². The molecule has 1 rings (SSSR count). The first-order valence-electron chi connectivity index (χ1n) is 4.85. The highest BCUT2D eigenvalue weighted by molar-refractivity contribution is 7.89. The van der Waals surface area contributed by atoms with Crippen molar-refractivity contribution in [3.8, 4) is 5.75 Å². The van der Waals surface area contributed by atoms with Crippen molar-refractivity contribution in [1.29, 1.82) is 0 Å². The van der Waals surface area contributed by atoms with E-state index in [1.54, 1.807) is 6.92 Å². The van der Waals surface area contributed by atoms with E-state index in [9.17, 15) is 17.2 Å². The van der Waals surface area contributed by atoms with Crippen LogP contribution in [-0.2, 0) is 10.0 Å². The molecule has 0 radical (unpaired) electrons. The van der Waals surface area contributed by atoms with Crippen molar-refractivity contribution in [2.45, 2.75) is 6.92 Å². The largest absolute Gasteiger partial charge is 0.493 e. The minimum atomic E-state index is -3.57. The molecule has 17 heavy (non-hydrogen) atoms. The van der Waals surface area contributed by atoms with E-state index in [0.29, 0.717) is 0 Å². The Labute approximate surface area is 98.4 Å². The third-order valence-electron chi connectivity index (χ3n) is 1.89. The second-order valence-corrected chi connectivity index (χ2v) is 5.51. The van der Waals surface area contributed by atoms with Gasteiger partial charge in [-0.3, -0.25) is 0 Å². The summed E-state index contributed by atoms with van der Waals surface area (Å²) in [7, 11) is -3.57. The lowest BCUT2D eigenvalue weighted by Gasteiger charge is -2.12. The fourth-order valence-electron chi connectivity index (χ4n) is 1.30. The molecule has 0 bridgehead atoms. The van der Waals surface area contributed by atoms with Gasteiger partial charge in [-0.2, -0.15) is 0 Å². The number of hydrogen-bond acceptors (Lipinski definition) is 3. The van der Waals surface area contributed by atoms with Crippen LogP contribution in [-0.4, -0.2) is 20.8 Å². The van der Waals surface area contributed by atoms with Crippen LogP contribution in [0.4, 0.5) is 8.78 Å². The van der Waals surface area contributed by atoms with Crippen LogP contribution in [0, 0.1) is 17.6 Å². The molecule has 7 heteroatoms. The number of rotatable bonds is 5. The van der Waals surface area contributed by atoms with Crippen LogP contribution < -0.4 is 9.88 Å². The van der Waals surface area contributed by atoms with Gasteiger partial charge in [-0.05, 0) is 0 Å². The molecule has 0 aliphatic carbocycles. The first kappa shape index (κ1) is 13.9. The Balaban J connectivity index is 2.55. The van der Waals surface area contributed by atoms with Gasteiger partial charge in [0, 0.05) is 24.1 Å². The van der Waals surface area contributed by atoms with Crippen molar-refractivity contribution in [2.24, 2.45) is 11.1 Å². The number of primary sulfonamides is 1. The highest BCUT2D eigenvalue weighted by atomic mass is 32.2. The lowest BCUT2D eigenvalue weighted by Crippen LogP contribution is -2.25. The lowest BCUT2D eigenvalue weighted by molar-refractivity contribution is 0.269. The fourth-order valence-corrected chi connectivity index (χ4v) is 2.18. The first-order valence-corrected chi connectivity index (χ1v) is 6.57. The summed E-state index contributed by atoms with van der Waals surface area (Å²) < 4.78 is 52.2. The number of ether oxygens (including phenoxy) is 1. The van der Waals surface area contributed by atoms with Gasteiger partial charge in [-0.15, -0.1) is 0 Å². The molecule has 0 saturated carbocycles. The zero-order valence-electron chi connectivity index (χ0n) is 9.19. The van der Waals surface area contributed by atoms with E-state index in [1.165, 1.54) is 0 Å². The Kier molecular flexibility index (Phi) is 4.41. The topological polar surface area (TPSA) is 69.4 Å². The second kappa shape index (κ2) is 5.42. The van der Waals surface area contributed by atoms with Crippen molar-refractivity contribution >= 4 is 10.0 Å². The third kappa shape index (κ3) is 5.60. The van der Waals surface area contributed by atoms with E-state index in [1.807, 2.05) is 0 Å². The van der Waals surface area contributed by atoms with E-state index in [0.717, 1.165) is 18.2 Å². The minimum absolute atomic E-state index is 0.0132. The maximum Gasteiger partial charge on any atom is 0.209 e. The van der Waals surface area contributed by atoms with Crippen molar-refractivity contribution in [1.82, 2.24) is 0 Å². The Morgan fingerprint density at radius 3 is 2.29 bits per heavy atom. The normalized spacial score (nSPS) is 13.4. The van der Waals surface area contributed by atoms with Gasteiger partial charge >= 0.3 is 0 Å². The van der Waals surface area contributed by atoms with Gasteiger partial charge in [-0.1, -0.05) is 6.92 Å². The summed E-state index contributed by atoms with van der Waals surface area (Å²) in [4.78, 5) is 0. The zero-order chi connectivity index (χ0) is 13.1. The Hall–Kier alpha value is -1.21.